The zero-order chi connectivity index (χ0) is 21.4. The van der Waals surface area contributed by atoms with E-state index >= 15 is 0 Å². The number of ketones is 1. The van der Waals surface area contributed by atoms with E-state index in [9.17, 15) is 4.79 Å². The Labute approximate surface area is 181 Å². The van der Waals surface area contributed by atoms with Crippen molar-refractivity contribution in [2.75, 3.05) is 13.2 Å². The highest BCUT2D eigenvalue weighted by Crippen LogP contribution is 2.54. The fourth-order valence-electron chi connectivity index (χ4n) is 6.09. The summed E-state index contributed by atoms with van der Waals surface area (Å²) in [7, 11) is -1.82. The number of para-hydroxylation sites is 1. The van der Waals surface area contributed by atoms with Crippen LogP contribution in [0.4, 0.5) is 0 Å². The highest BCUT2D eigenvalue weighted by Gasteiger charge is 2.56. The Morgan fingerprint density at radius 3 is 2.70 bits per heavy atom. The van der Waals surface area contributed by atoms with Gasteiger partial charge < -0.3 is 9.41 Å². The molecule has 4 nitrogen and oxygen atoms in total. The van der Waals surface area contributed by atoms with E-state index in [1.54, 1.807) is 6.92 Å². The first-order valence-electron chi connectivity index (χ1n) is 11.6. The van der Waals surface area contributed by atoms with Crippen molar-refractivity contribution in [3.63, 3.8) is 0 Å². The number of nitrogens with zero attached hydrogens (tertiary/aromatic N) is 1. The van der Waals surface area contributed by atoms with Gasteiger partial charge in [0.15, 0.2) is 8.32 Å². The number of aromatic amines is 1. The van der Waals surface area contributed by atoms with Crippen molar-refractivity contribution >= 4 is 25.0 Å². The molecule has 3 saturated heterocycles. The molecule has 1 aromatic carbocycles. The predicted octanol–water partition coefficient (Wildman–Crippen LogP) is 5.31. The average Bonchev–Trinajstić information content (AvgIpc) is 3.05. The minimum absolute atomic E-state index is 0.163. The summed E-state index contributed by atoms with van der Waals surface area (Å²) >= 11 is 0. The molecule has 3 fully saturated rings. The molecular formula is C25H36N2O2Si. The molecule has 6 rings (SSSR count). The van der Waals surface area contributed by atoms with Crippen LogP contribution in [-0.2, 0) is 15.6 Å². The van der Waals surface area contributed by atoms with Crippen molar-refractivity contribution in [1.29, 1.82) is 0 Å². The van der Waals surface area contributed by atoms with E-state index in [1.807, 2.05) is 0 Å². The molecule has 5 heteroatoms. The van der Waals surface area contributed by atoms with E-state index < -0.39 is 8.32 Å². The van der Waals surface area contributed by atoms with E-state index in [0.29, 0.717) is 29.7 Å². The Morgan fingerprint density at radius 2 is 2.00 bits per heavy atom. The van der Waals surface area contributed by atoms with E-state index in [2.05, 4.69) is 68.0 Å². The molecule has 4 bridgehead atoms. The molecule has 1 aromatic heterocycles. The molecule has 1 N–H and O–H groups in total. The molecule has 2 aromatic rings. The molecule has 0 spiro atoms. The first-order valence-corrected chi connectivity index (χ1v) is 14.5. The van der Waals surface area contributed by atoms with E-state index in [-0.39, 0.29) is 11.0 Å². The van der Waals surface area contributed by atoms with Gasteiger partial charge in [-0.05, 0) is 55.4 Å². The SMILES string of the molecule is CC(=O)[C@@H]1CN2[C@H]3C[C@@H]1[C@@H](CO[Si](C)(C)C(C)(C)C)[C@@H]2Cc1c3[nH]c2ccccc12. The second-order valence-electron chi connectivity index (χ2n) is 11.4. The van der Waals surface area contributed by atoms with Crippen LogP contribution >= 0.6 is 0 Å². The molecule has 162 valence electrons. The predicted molar refractivity (Wildman–Crippen MR) is 124 cm³/mol. The van der Waals surface area contributed by atoms with Gasteiger partial charge in [-0.15, -0.1) is 0 Å². The van der Waals surface area contributed by atoms with Crippen molar-refractivity contribution in [3.8, 4) is 0 Å². The fourth-order valence-corrected chi connectivity index (χ4v) is 7.13. The van der Waals surface area contributed by atoms with Gasteiger partial charge in [-0.3, -0.25) is 9.69 Å². The minimum Gasteiger partial charge on any atom is -0.416 e. The number of hydrogen-bond donors (Lipinski definition) is 1. The van der Waals surface area contributed by atoms with E-state index in [4.69, 9.17) is 4.43 Å². The van der Waals surface area contributed by atoms with Gasteiger partial charge >= 0.3 is 0 Å². The molecule has 4 aliphatic heterocycles. The van der Waals surface area contributed by atoms with Crippen LogP contribution < -0.4 is 0 Å². The lowest BCUT2D eigenvalue weighted by Crippen LogP contribution is -2.64. The van der Waals surface area contributed by atoms with Gasteiger partial charge in [0.25, 0.3) is 0 Å². The van der Waals surface area contributed by atoms with E-state index in [1.165, 1.54) is 22.2 Å². The molecule has 4 aliphatic rings. The lowest BCUT2D eigenvalue weighted by Gasteiger charge is -2.60. The molecular weight excluding hydrogens is 388 g/mol. The Morgan fingerprint density at radius 1 is 1.27 bits per heavy atom. The highest BCUT2D eigenvalue weighted by molar-refractivity contribution is 6.74. The molecule has 0 saturated carbocycles. The largest absolute Gasteiger partial charge is 0.416 e. The number of hydrogen-bond acceptors (Lipinski definition) is 3. The van der Waals surface area contributed by atoms with Crippen LogP contribution in [0, 0.1) is 17.8 Å². The number of nitrogens with one attached hydrogen (secondary N) is 1. The lowest BCUT2D eigenvalue weighted by atomic mass is 9.61. The highest BCUT2D eigenvalue weighted by atomic mass is 28.4. The molecule has 1 unspecified atom stereocenters. The van der Waals surface area contributed by atoms with Gasteiger partial charge in [-0.1, -0.05) is 39.0 Å². The number of rotatable bonds is 4. The fraction of sp³-hybridized carbons (Fsp3) is 0.640. The Kier molecular flexibility index (Phi) is 4.63. The number of carbonyl (C=O) groups is 1. The van der Waals surface area contributed by atoms with Gasteiger partial charge in [0.1, 0.15) is 5.78 Å². The molecule has 0 aliphatic carbocycles. The Hall–Kier alpha value is -1.43. The van der Waals surface area contributed by atoms with E-state index in [0.717, 1.165) is 26.0 Å². The van der Waals surface area contributed by atoms with Crippen molar-refractivity contribution in [2.24, 2.45) is 17.8 Å². The van der Waals surface area contributed by atoms with Crippen LogP contribution in [0.2, 0.25) is 18.1 Å². The first-order chi connectivity index (χ1) is 14.1. The number of carbonyl (C=O) groups excluding carboxylic acids is 1. The number of aromatic nitrogens is 1. The van der Waals surface area contributed by atoms with Gasteiger partial charge in [0.2, 0.25) is 0 Å². The summed E-state index contributed by atoms with van der Waals surface area (Å²) in [6.45, 7) is 15.1. The number of piperidine rings is 3. The quantitative estimate of drug-likeness (QED) is 0.676. The van der Waals surface area contributed by atoms with Crippen LogP contribution in [-0.4, -0.2) is 43.2 Å². The summed E-state index contributed by atoms with van der Waals surface area (Å²) in [5.74, 6) is 1.40. The van der Waals surface area contributed by atoms with Gasteiger partial charge in [0, 0.05) is 47.6 Å². The van der Waals surface area contributed by atoms with Gasteiger partial charge in [-0.2, -0.15) is 0 Å². The average molecular weight is 425 g/mol. The monoisotopic (exact) mass is 424 g/mol. The third kappa shape index (κ3) is 2.96. The number of H-pyrrole nitrogens is 1. The Balaban J connectivity index is 1.50. The summed E-state index contributed by atoms with van der Waals surface area (Å²) < 4.78 is 6.76. The second kappa shape index (κ2) is 6.78. The molecule has 0 radical (unpaired) electrons. The third-order valence-corrected chi connectivity index (χ3v) is 13.3. The summed E-state index contributed by atoms with van der Waals surface area (Å²) in [6, 6.07) is 9.64. The molecule has 5 heterocycles. The minimum atomic E-state index is -1.82. The van der Waals surface area contributed by atoms with Crippen LogP contribution in [0.25, 0.3) is 10.9 Å². The van der Waals surface area contributed by atoms with Crippen molar-refractivity contribution in [2.45, 2.75) is 70.8 Å². The standard InChI is InChI=1S/C25H36N2O2Si/c1-15(28)19-13-27-22-12-18-16-9-7-8-10-21(16)26-24(18)23(27)11-17(19)20(22)14-29-30(5,6)25(2,3)4/h7-10,17,19-20,22-23,26H,11-14H2,1-6H3/t17-,19-,20+,22-,23-/m0/s1. The maximum Gasteiger partial charge on any atom is 0.191 e. The zero-order valence-corrected chi connectivity index (χ0v) is 20.3. The summed E-state index contributed by atoms with van der Waals surface area (Å²) in [5, 5.41) is 1.59. The maximum atomic E-state index is 12.5. The van der Waals surface area contributed by atoms with Crippen LogP contribution in [0.3, 0.4) is 0 Å². The molecule has 6 atom stereocenters. The summed E-state index contributed by atoms with van der Waals surface area (Å²) in [4.78, 5) is 18.9. The zero-order valence-electron chi connectivity index (χ0n) is 19.3. The topological polar surface area (TPSA) is 45.3 Å². The third-order valence-electron chi connectivity index (χ3n) is 8.85. The van der Waals surface area contributed by atoms with Gasteiger partial charge in [0.05, 0.1) is 6.04 Å². The first kappa shape index (κ1) is 20.5. The van der Waals surface area contributed by atoms with Crippen molar-refractivity contribution in [1.82, 2.24) is 9.88 Å². The van der Waals surface area contributed by atoms with Crippen molar-refractivity contribution < 1.29 is 9.22 Å². The maximum absolute atomic E-state index is 12.5. The summed E-state index contributed by atoms with van der Waals surface area (Å²) in [6.07, 6.45) is 2.15. The Bertz CT molecular complexity index is 989. The number of fused-ring (bicyclic) bond motifs is 4. The van der Waals surface area contributed by atoms with Gasteiger partial charge in [-0.25, -0.2) is 0 Å². The van der Waals surface area contributed by atoms with Crippen LogP contribution in [0.5, 0.6) is 0 Å². The normalized spacial score (nSPS) is 33.0. The second-order valence-corrected chi connectivity index (χ2v) is 16.2. The number of Topliss-reactive ketones (excluding diaryl/α,β-unsaturated/α-hetero) is 1. The van der Waals surface area contributed by atoms with Crippen LogP contribution in [0.1, 0.15) is 51.4 Å². The summed E-state index contributed by atoms with van der Waals surface area (Å²) in [5.41, 5.74) is 4.17. The van der Waals surface area contributed by atoms with Crippen molar-refractivity contribution in [3.05, 3.63) is 35.5 Å². The smallest absolute Gasteiger partial charge is 0.191 e. The molecule has 0 amide bonds. The van der Waals surface area contributed by atoms with Crippen LogP contribution in [0.15, 0.2) is 24.3 Å². The lowest BCUT2D eigenvalue weighted by molar-refractivity contribution is -0.144. The molecule has 30 heavy (non-hydrogen) atoms. The number of benzene rings is 1.